The molecule has 0 spiro atoms. The third-order valence-corrected chi connectivity index (χ3v) is 6.95. The van der Waals surface area contributed by atoms with E-state index in [1.165, 1.54) is 21.3 Å². The number of hydrogen-bond acceptors (Lipinski definition) is 4. The second-order valence-corrected chi connectivity index (χ2v) is 10.7. The summed E-state index contributed by atoms with van der Waals surface area (Å²) in [5.41, 5.74) is 3.58. The van der Waals surface area contributed by atoms with Gasteiger partial charge in [0.15, 0.2) is 0 Å². The molecule has 1 aliphatic rings. The van der Waals surface area contributed by atoms with Crippen molar-refractivity contribution >= 4 is 12.2 Å². The minimum Gasteiger partial charge on any atom is -0.443 e. The van der Waals surface area contributed by atoms with E-state index in [1.54, 1.807) is 12.4 Å². The summed E-state index contributed by atoms with van der Waals surface area (Å²) in [4.78, 5) is 20.1. The van der Waals surface area contributed by atoms with E-state index in [-0.39, 0.29) is 0 Å². The van der Waals surface area contributed by atoms with E-state index in [0.29, 0.717) is 5.82 Å². The number of aromatic nitrogens is 2. The first-order valence-electron chi connectivity index (χ1n) is 13.3. The molecule has 2 heterocycles. The Morgan fingerprint density at radius 3 is 1.84 bits per heavy atom. The van der Waals surface area contributed by atoms with Crippen molar-refractivity contribution in [3.05, 3.63) is 132 Å². The van der Waals surface area contributed by atoms with E-state index in [4.69, 9.17) is 4.74 Å². The minimum absolute atomic E-state index is 0.426. The van der Waals surface area contributed by atoms with Crippen molar-refractivity contribution in [1.29, 1.82) is 0 Å². The van der Waals surface area contributed by atoms with E-state index in [2.05, 4.69) is 107 Å². The molecule has 1 aromatic heterocycles. The van der Waals surface area contributed by atoms with Gasteiger partial charge in [0.2, 0.25) is 0 Å². The second kappa shape index (κ2) is 10.7. The molecular weight excluding hydrogens is 470 g/mol. The first-order chi connectivity index (χ1) is 18.4. The molecule has 0 atom stereocenters. The minimum atomic E-state index is -0.592. The van der Waals surface area contributed by atoms with Gasteiger partial charge in [0, 0.05) is 30.7 Å². The maximum absolute atomic E-state index is 13.0. The summed E-state index contributed by atoms with van der Waals surface area (Å²) < 4.78 is 7.16. The molecule has 38 heavy (non-hydrogen) atoms. The maximum atomic E-state index is 13.0. The number of ether oxygens (including phenoxy) is 1. The lowest BCUT2D eigenvalue weighted by molar-refractivity contribution is 0.0535. The predicted molar refractivity (Wildman–Crippen MR) is 152 cm³/mol. The van der Waals surface area contributed by atoms with Crippen LogP contribution in [0.5, 0.6) is 0 Å². The van der Waals surface area contributed by atoms with Crippen molar-refractivity contribution in [3.63, 3.8) is 0 Å². The van der Waals surface area contributed by atoms with E-state index in [9.17, 15) is 4.79 Å². The zero-order valence-electron chi connectivity index (χ0n) is 22.4. The Hall–Kier alpha value is -4.12. The predicted octanol–water partition coefficient (Wildman–Crippen LogP) is 7.49. The molecule has 0 saturated carbocycles. The number of carbonyl (C=O) groups is 1. The van der Waals surface area contributed by atoms with E-state index < -0.39 is 17.2 Å². The van der Waals surface area contributed by atoms with Crippen LogP contribution < -0.4 is 0 Å². The number of likely N-dealkylation sites (tertiary alicyclic amines) is 1. The SMILES string of the molecule is CC(C)(C)OC(=O)n1ccnc1C=C1CCCCN1C(c1ccccc1)(c1ccccc1)c1ccccc1. The summed E-state index contributed by atoms with van der Waals surface area (Å²) in [5.74, 6) is 0.573. The molecule has 0 bridgehead atoms. The van der Waals surface area contributed by atoms with Gasteiger partial charge in [0.25, 0.3) is 0 Å². The highest BCUT2D eigenvalue weighted by Gasteiger charge is 2.43. The van der Waals surface area contributed by atoms with Crippen LogP contribution in [0.3, 0.4) is 0 Å². The molecule has 0 unspecified atom stereocenters. The van der Waals surface area contributed by atoms with Crippen molar-refractivity contribution < 1.29 is 9.53 Å². The van der Waals surface area contributed by atoms with Crippen molar-refractivity contribution in [1.82, 2.24) is 14.5 Å². The molecule has 0 N–H and O–H groups in total. The van der Waals surface area contributed by atoms with Gasteiger partial charge in [-0.25, -0.2) is 14.3 Å². The summed E-state index contributed by atoms with van der Waals surface area (Å²) in [7, 11) is 0. The van der Waals surface area contributed by atoms with Gasteiger partial charge in [0.1, 0.15) is 17.0 Å². The number of nitrogens with zero attached hydrogens (tertiary/aromatic N) is 3. The average Bonchev–Trinajstić information content (AvgIpc) is 3.39. The third kappa shape index (κ3) is 5.01. The number of imidazole rings is 1. The summed E-state index contributed by atoms with van der Waals surface area (Å²) in [6, 6.07) is 32.1. The van der Waals surface area contributed by atoms with Crippen LogP contribution >= 0.6 is 0 Å². The van der Waals surface area contributed by atoms with Crippen molar-refractivity contribution in [3.8, 4) is 0 Å². The summed E-state index contributed by atoms with van der Waals surface area (Å²) in [5, 5.41) is 0. The quantitative estimate of drug-likeness (QED) is 0.264. The zero-order chi connectivity index (χ0) is 26.6. The highest BCUT2D eigenvalue weighted by molar-refractivity contribution is 5.74. The van der Waals surface area contributed by atoms with Gasteiger partial charge in [-0.15, -0.1) is 0 Å². The maximum Gasteiger partial charge on any atom is 0.420 e. The van der Waals surface area contributed by atoms with E-state index in [0.717, 1.165) is 31.5 Å². The fourth-order valence-corrected chi connectivity index (χ4v) is 5.43. The average molecular weight is 506 g/mol. The van der Waals surface area contributed by atoms with Crippen LogP contribution in [0.2, 0.25) is 0 Å². The van der Waals surface area contributed by atoms with Crippen molar-refractivity contribution in [2.45, 2.75) is 51.2 Å². The number of rotatable bonds is 5. The lowest BCUT2D eigenvalue weighted by Crippen LogP contribution is -2.49. The molecule has 1 saturated heterocycles. The molecule has 0 aliphatic carbocycles. The molecule has 1 fully saturated rings. The van der Waals surface area contributed by atoms with Gasteiger partial charge in [-0.1, -0.05) is 91.0 Å². The number of allylic oxidation sites excluding steroid dienone is 1. The Bertz CT molecular complexity index is 1290. The monoisotopic (exact) mass is 505 g/mol. The van der Waals surface area contributed by atoms with Gasteiger partial charge in [-0.05, 0) is 56.7 Å². The topological polar surface area (TPSA) is 47.4 Å². The molecular formula is C33H35N3O2. The smallest absolute Gasteiger partial charge is 0.420 e. The summed E-state index contributed by atoms with van der Waals surface area (Å²) in [6.45, 7) is 6.49. The van der Waals surface area contributed by atoms with Crippen LogP contribution in [-0.4, -0.2) is 32.7 Å². The van der Waals surface area contributed by atoms with Gasteiger partial charge >= 0.3 is 6.09 Å². The largest absolute Gasteiger partial charge is 0.443 e. The third-order valence-electron chi connectivity index (χ3n) is 6.95. The lowest BCUT2D eigenvalue weighted by Gasteiger charge is -2.50. The van der Waals surface area contributed by atoms with Crippen LogP contribution in [0, 0.1) is 0 Å². The van der Waals surface area contributed by atoms with Crippen LogP contribution in [-0.2, 0) is 10.3 Å². The Morgan fingerprint density at radius 1 is 0.816 bits per heavy atom. The molecule has 5 rings (SSSR count). The Balaban J connectivity index is 1.71. The van der Waals surface area contributed by atoms with E-state index in [1.807, 2.05) is 20.8 Å². The molecule has 0 amide bonds. The normalized spacial score (nSPS) is 15.4. The van der Waals surface area contributed by atoms with Gasteiger partial charge in [-0.3, -0.25) is 0 Å². The number of hydrogen-bond donors (Lipinski definition) is 0. The molecule has 5 heteroatoms. The zero-order valence-corrected chi connectivity index (χ0v) is 22.4. The Morgan fingerprint density at radius 2 is 1.34 bits per heavy atom. The summed E-state index contributed by atoms with van der Waals surface area (Å²) >= 11 is 0. The van der Waals surface area contributed by atoms with Gasteiger partial charge in [-0.2, -0.15) is 0 Å². The first-order valence-corrected chi connectivity index (χ1v) is 13.3. The van der Waals surface area contributed by atoms with Crippen LogP contribution in [0.15, 0.2) is 109 Å². The van der Waals surface area contributed by atoms with Crippen molar-refractivity contribution in [2.75, 3.05) is 6.54 Å². The number of piperidine rings is 1. The fourth-order valence-electron chi connectivity index (χ4n) is 5.43. The summed E-state index contributed by atoms with van der Waals surface area (Å²) in [6.07, 6.45) is 8.00. The number of carbonyl (C=O) groups excluding carboxylic acids is 1. The Kier molecular flexibility index (Phi) is 7.19. The number of benzene rings is 3. The van der Waals surface area contributed by atoms with Crippen LogP contribution in [0.1, 0.15) is 62.5 Å². The van der Waals surface area contributed by atoms with Crippen molar-refractivity contribution in [2.24, 2.45) is 0 Å². The highest BCUT2D eigenvalue weighted by atomic mass is 16.6. The fraction of sp³-hybridized carbons (Fsp3) is 0.273. The lowest BCUT2D eigenvalue weighted by atomic mass is 9.74. The molecule has 1 aliphatic heterocycles. The molecule has 4 aromatic rings. The molecule has 0 radical (unpaired) electrons. The molecule has 194 valence electrons. The Labute approximate surface area is 225 Å². The first kappa shape index (κ1) is 25.5. The van der Waals surface area contributed by atoms with Gasteiger partial charge in [0.05, 0.1) is 0 Å². The van der Waals surface area contributed by atoms with Gasteiger partial charge < -0.3 is 9.64 Å². The molecule has 5 nitrogen and oxygen atoms in total. The highest BCUT2D eigenvalue weighted by Crippen LogP contribution is 2.46. The van der Waals surface area contributed by atoms with Crippen LogP contribution in [0.4, 0.5) is 4.79 Å². The second-order valence-electron chi connectivity index (χ2n) is 10.7. The van der Waals surface area contributed by atoms with E-state index >= 15 is 0 Å². The van der Waals surface area contributed by atoms with Crippen LogP contribution in [0.25, 0.3) is 6.08 Å². The molecule has 3 aromatic carbocycles. The standard InChI is InChI=1S/C33H35N3O2/c1-32(2,3)38-31(37)35-24-22-34-30(35)25-29-21-13-14-23-36(29)33(26-15-7-4-8-16-26,27-17-9-5-10-18-27)28-19-11-6-12-20-28/h4-12,15-20,22,24-25H,13-14,21,23H2,1-3H3.